The molecule has 0 bridgehead atoms. The van der Waals surface area contributed by atoms with Crippen LogP contribution in [0.5, 0.6) is 0 Å². The van der Waals surface area contributed by atoms with Gasteiger partial charge < -0.3 is 9.84 Å². The molecule has 0 saturated carbocycles. The van der Waals surface area contributed by atoms with Crippen LogP contribution in [-0.2, 0) is 6.54 Å². The third-order valence-electron chi connectivity index (χ3n) is 1.77. The van der Waals surface area contributed by atoms with Gasteiger partial charge in [-0.1, -0.05) is 5.16 Å². The lowest BCUT2D eigenvalue weighted by Gasteiger charge is -1.95. The van der Waals surface area contributed by atoms with E-state index in [0.29, 0.717) is 11.7 Å². The molecule has 2 aromatic rings. The molecule has 0 amide bonds. The minimum atomic E-state index is -0.469. The van der Waals surface area contributed by atoms with Crippen LogP contribution in [0.3, 0.4) is 0 Å². The lowest BCUT2D eigenvalue weighted by Crippen LogP contribution is -1.98. The average molecular weight is 240 g/mol. The van der Waals surface area contributed by atoms with Crippen LogP contribution in [0.25, 0.3) is 0 Å². The Hall–Kier alpha value is -1.96. The summed E-state index contributed by atoms with van der Waals surface area (Å²) < 4.78 is 4.88. The molecular weight excluding hydrogens is 232 g/mol. The van der Waals surface area contributed by atoms with Gasteiger partial charge >= 0.3 is 5.00 Å². The number of anilines is 1. The highest BCUT2D eigenvalue weighted by atomic mass is 32.1. The van der Waals surface area contributed by atoms with Crippen molar-refractivity contribution in [2.45, 2.75) is 13.5 Å². The Kier molecular flexibility index (Phi) is 2.82. The maximum absolute atomic E-state index is 10.4. The van der Waals surface area contributed by atoms with Crippen LogP contribution >= 0.6 is 11.3 Å². The van der Waals surface area contributed by atoms with E-state index in [1.165, 1.54) is 6.20 Å². The Balaban J connectivity index is 1.97. The van der Waals surface area contributed by atoms with Gasteiger partial charge in [0.15, 0.2) is 5.13 Å². The standard InChI is InChI=1S/C8H8N4O3S/c1-5-2-6(11-15-5)3-9-8-10-4-7(16-8)12(13)14/h2,4H,3H2,1H3,(H,9,10). The first-order chi connectivity index (χ1) is 7.65. The zero-order valence-electron chi connectivity index (χ0n) is 8.34. The monoisotopic (exact) mass is 240 g/mol. The second-order valence-electron chi connectivity index (χ2n) is 3.04. The quantitative estimate of drug-likeness (QED) is 0.648. The summed E-state index contributed by atoms with van der Waals surface area (Å²) in [4.78, 5) is 13.8. The molecule has 2 rings (SSSR count). The Bertz CT molecular complexity index is 507. The van der Waals surface area contributed by atoms with Crippen molar-refractivity contribution < 1.29 is 9.45 Å². The van der Waals surface area contributed by atoms with Gasteiger partial charge in [0.1, 0.15) is 17.7 Å². The molecular formula is C8H8N4O3S. The second-order valence-corrected chi connectivity index (χ2v) is 4.05. The van der Waals surface area contributed by atoms with Crippen LogP contribution in [0, 0.1) is 17.0 Å². The highest BCUT2D eigenvalue weighted by Crippen LogP contribution is 2.25. The van der Waals surface area contributed by atoms with E-state index in [1.54, 1.807) is 13.0 Å². The van der Waals surface area contributed by atoms with Crippen molar-refractivity contribution in [2.24, 2.45) is 0 Å². The fourth-order valence-corrected chi connectivity index (χ4v) is 1.73. The number of nitro groups is 1. The largest absolute Gasteiger partial charge is 0.361 e. The zero-order chi connectivity index (χ0) is 11.5. The first-order valence-corrected chi connectivity index (χ1v) is 5.23. The maximum Gasteiger partial charge on any atom is 0.345 e. The predicted molar refractivity (Wildman–Crippen MR) is 57.3 cm³/mol. The number of aromatic nitrogens is 2. The second kappa shape index (κ2) is 4.27. The van der Waals surface area contributed by atoms with Crippen LogP contribution in [0.15, 0.2) is 16.8 Å². The molecule has 0 unspecified atom stereocenters. The minimum absolute atomic E-state index is 0.0128. The van der Waals surface area contributed by atoms with E-state index in [4.69, 9.17) is 4.52 Å². The van der Waals surface area contributed by atoms with Gasteiger partial charge in [0.2, 0.25) is 0 Å². The zero-order valence-corrected chi connectivity index (χ0v) is 9.15. The third kappa shape index (κ3) is 2.34. The SMILES string of the molecule is Cc1cc(CNc2ncc([N+](=O)[O-])s2)no1. The normalized spacial score (nSPS) is 10.3. The molecule has 0 spiro atoms. The summed E-state index contributed by atoms with van der Waals surface area (Å²) in [5.74, 6) is 0.724. The fraction of sp³-hybridized carbons (Fsp3) is 0.250. The Morgan fingerprint density at radius 2 is 2.50 bits per heavy atom. The summed E-state index contributed by atoms with van der Waals surface area (Å²) in [5, 5.41) is 17.6. The molecule has 2 aromatic heterocycles. The van der Waals surface area contributed by atoms with E-state index in [9.17, 15) is 10.1 Å². The van der Waals surface area contributed by atoms with E-state index in [-0.39, 0.29) is 5.00 Å². The number of rotatable bonds is 4. The molecule has 84 valence electrons. The van der Waals surface area contributed by atoms with Crippen LogP contribution in [0.1, 0.15) is 11.5 Å². The molecule has 8 heteroatoms. The summed E-state index contributed by atoms with van der Waals surface area (Å²) in [6, 6.07) is 1.79. The summed E-state index contributed by atoms with van der Waals surface area (Å²) in [5.41, 5.74) is 0.732. The maximum atomic E-state index is 10.4. The molecule has 0 aliphatic carbocycles. The number of nitrogens with one attached hydrogen (secondary N) is 1. The molecule has 0 atom stereocenters. The van der Waals surface area contributed by atoms with Gasteiger partial charge in [-0.25, -0.2) is 4.98 Å². The molecule has 0 aliphatic rings. The number of hydrogen-bond donors (Lipinski definition) is 1. The molecule has 0 fully saturated rings. The van der Waals surface area contributed by atoms with Gasteiger partial charge in [0.25, 0.3) is 0 Å². The lowest BCUT2D eigenvalue weighted by atomic mass is 10.4. The van der Waals surface area contributed by atoms with Crippen molar-refractivity contribution in [1.82, 2.24) is 10.1 Å². The highest BCUT2D eigenvalue weighted by Gasteiger charge is 2.11. The Morgan fingerprint density at radius 1 is 1.69 bits per heavy atom. The summed E-state index contributed by atoms with van der Waals surface area (Å²) in [6.45, 7) is 2.23. The average Bonchev–Trinajstić information content (AvgIpc) is 2.83. The van der Waals surface area contributed by atoms with Crippen LogP contribution in [0.4, 0.5) is 10.1 Å². The molecule has 16 heavy (non-hydrogen) atoms. The first kappa shape index (κ1) is 10.6. The fourth-order valence-electron chi connectivity index (χ4n) is 1.10. The lowest BCUT2D eigenvalue weighted by molar-refractivity contribution is -0.380. The van der Waals surface area contributed by atoms with Crippen LogP contribution < -0.4 is 5.32 Å². The number of aryl methyl sites for hydroxylation is 1. The van der Waals surface area contributed by atoms with Crippen molar-refractivity contribution in [1.29, 1.82) is 0 Å². The van der Waals surface area contributed by atoms with Gasteiger partial charge in [0.05, 0.1) is 11.5 Å². The minimum Gasteiger partial charge on any atom is -0.361 e. The molecule has 0 aromatic carbocycles. The smallest absolute Gasteiger partial charge is 0.345 e. The molecule has 2 heterocycles. The third-order valence-corrected chi connectivity index (χ3v) is 2.68. The first-order valence-electron chi connectivity index (χ1n) is 4.41. The van der Waals surface area contributed by atoms with Crippen molar-refractivity contribution >= 4 is 21.5 Å². The number of hydrogen-bond acceptors (Lipinski definition) is 7. The predicted octanol–water partition coefficient (Wildman–Crippen LogP) is 1.96. The molecule has 0 saturated heterocycles. The molecule has 0 aliphatic heterocycles. The van der Waals surface area contributed by atoms with E-state index in [1.807, 2.05) is 0 Å². The summed E-state index contributed by atoms with van der Waals surface area (Å²) >= 11 is 0.987. The summed E-state index contributed by atoms with van der Waals surface area (Å²) in [6.07, 6.45) is 1.22. The van der Waals surface area contributed by atoms with E-state index in [0.717, 1.165) is 22.8 Å². The van der Waals surface area contributed by atoms with E-state index in [2.05, 4.69) is 15.5 Å². The Labute approximate surface area is 94.2 Å². The van der Waals surface area contributed by atoms with Gasteiger partial charge in [-0.15, -0.1) is 0 Å². The van der Waals surface area contributed by atoms with Gasteiger partial charge in [-0.3, -0.25) is 10.1 Å². The Morgan fingerprint density at radius 3 is 3.06 bits per heavy atom. The number of nitrogens with zero attached hydrogens (tertiary/aromatic N) is 3. The van der Waals surface area contributed by atoms with Gasteiger partial charge in [-0.2, -0.15) is 0 Å². The molecule has 0 radical (unpaired) electrons. The van der Waals surface area contributed by atoms with E-state index < -0.39 is 4.92 Å². The van der Waals surface area contributed by atoms with Crippen molar-refractivity contribution in [3.63, 3.8) is 0 Å². The van der Waals surface area contributed by atoms with E-state index >= 15 is 0 Å². The van der Waals surface area contributed by atoms with Crippen molar-refractivity contribution in [3.8, 4) is 0 Å². The highest BCUT2D eigenvalue weighted by molar-refractivity contribution is 7.18. The van der Waals surface area contributed by atoms with Gasteiger partial charge in [-0.05, 0) is 18.3 Å². The number of thiazole rings is 1. The van der Waals surface area contributed by atoms with Gasteiger partial charge in [0, 0.05) is 6.07 Å². The van der Waals surface area contributed by atoms with Crippen molar-refractivity contribution in [3.05, 3.63) is 33.8 Å². The molecule has 7 nitrogen and oxygen atoms in total. The van der Waals surface area contributed by atoms with Crippen LogP contribution in [0.2, 0.25) is 0 Å². The molecule has 1 N–H and O–H groups in total. The van der Waals surface area contributed by atoms with Crippen LogP contribution in [-0.4, -0.2) is 15.1 Å². The van der Waals surface area contributed by atoms with Crippen molar-refractivity contribution in [2.75, 3.05) is 5.32 Å². The summed E-state index contributed by atoms with van der Waals surface area (Å²) in [7, 11) is 0. The topological polar surface area (TPSA) is 94.1 Å².